The molecule has 10 nitrogen and oxygen atoms in total. The van der Waals surface area contributed by atoms with Gasteiger partial charge in [0.2, 0.25) is 17.7 Å². The summed E-state index contributed by atoms with van der Waals surface area (Å²) >= 11 is 0. The predicted molar refractivity (Wildman–Crippen MR) is 86.1 cm³/mol. The summed E-state index contributed by atoms with van der Waals surface area (Å²) in [5, 5.41) is 16.3. The fourth-order valence-electron chi connectivity index (χ4n) is 3.70. The molecule has 3 N–H and O–H groups in total. The van der Waals surface area contributed by atoms with E-state index in [1.54, 1.807) is 4.90 Å². The molecule has 3 rings (SSSR count). The van der Waals surface area contributed by atoms with Crippen LogP contribution in [-0.2, 0) is 19.1 Å². The number of rotatable bonds is 5. The van der Waals surface area contributed by atoms with Crippen molar-refractivity contribution in [1.29, 1.82) is 0 Å². The molecule has 138 valence electrons. The molecular weight excluding hydrogens is 330 g/mol. The van der Waals surface area contributed by atoms with E-state index in [1.165, 1.54) is 18.7 Å². The van der Waals surface area contributed by atoms with Gasteiger partial charge in [0.25, 0.3) is 5.91 Å². The van der Waals surface area contributed by atoms with Crippen molar-refractivity contribution in [3.05, 3.63) is 0 Å². The number of likely N-dealkylation sites (tertiary alicyclic amines) is 2. The predicted octanol–water partition coefficient (Wildman–Crippen LogP) is -2.03. The van der Waals surface area contributed by atoms with E-state index in [2.05, 4.69) is 15.8 Å². The number of amides is 3. The van der Waals surface area contributed by atoms with Crippen molar-refractivity contribution in [1.82, 2.24) is 20.5 Å². The Bertz CT molecular complexity index is 621. The smallest absolute Gasteiger partial charge is 0.250 e. The molecule has 3 aliphatic heterocycles. The van der Waals surface area contributed by atoms with Gasteiger partial charge in [-0.2, -0.15) is 0 Å². The third kappa shape index (κ3) is 3.01. The highest BCUT2D eigenvalue weighted by atomic mass is 16.5. The quantitative estimate of drug-likeness (QED) is 0.490. The highest BCUT2D eigenvalue weighted by molar-refractivity contribution is 5.99. The van der Waals surface area contributed by atoms with Crippen LogP contribution in [0.3, 0.4) is 0 Å². The van der Waals surface area contributed by atoms with E-state index in [-0.39, 0.29) is 31.0 Å². The number of hydrogen-bond acceptors (Lipinski definition) is 7. The zero-order valence-corrected chi connectivity index (χ0v) is 14.3. The van der Waals surface area contributed by atoms with Crippen LogP contribution in [-0.4, -0.2) is 82.6 Å². The molecule has 2 fully saturated rings. The Kier molecular flexibility index (Phi) is 4.55. The van der Waals surface area contributed by atoms with Crippen LogP contribution in [0, 0.1) is 0 Å². The molecule has 3 aliphatic rings. The first-order chi connectivity index (χ1) is 11.8. The van der Waals surface area contributed by atoms with Gasteiger partial charge in [-0.25, -0.2) is 0 Å². The number of β-lactam (4-membered cyclic amide) rings is 1. The first-order valence-corrected chi connectivity index (χ1v) is 8.33. The van der Waals surface area contributed by atoms with E-state index in [9.17, 15) is 19.5 Å². The average molecular weight is 353 g/mol. The summed E-state index contributed by atoms with van der Waals surface area (Å²) in [5.41, 5.74) is 1.84. The standard InChI is InChI=1S/C15H23N5O5/c1-9(21)12(13-18-16-8-25-13)17-11(23)6-19-7-15(14(19)24)4-3-5-20(15)10(2)22/h9,12,16,21H,3-8H2,1-2H3,(H,17,23). The largest absolute Gasteiger partial charge is 0.455 e. The Hall–Kier alpha value is -2.36. The lowest BCUT2D eigenvalue weighted by molar-refractivity contribution is -0.168. The van der Waals surface area contributed by atoms with E-state index in [4.69, 9.17) is 4.74 Å². The number of aliphatic hydroxyl groups is 1. The number of carbonyl (C=O) groups is 3. The Morgan fingerprint density at radius 2 is 2.28 bits per heavy atom. The minimum Gasteiger partial charge on any atom is -0.455 e. The fourth-order valence-corrected chi connectivity index (χ4v) is 3.70. The van der Waals surface area contributed by atoms with Crippen molar-refractivity contribution in [2.24, 2.45) is 5.10 Å². The molecule has 0 bridgehead atoms. The van der Waals surface area contributed by atoms with E-state index in [1.807, 2.05) is 0 Å². The average Bonchev–Trinajstić information content (AvgIpc) is 3.22. The lowest BCUT2D eigenvalue weighted by atomic mass is 9.85. The minimum atomic E-state index is -0.899. The molecule has 1 spiro atoms. The maximum absolute atomic E-state index is 12.6. The lowest BCUT2D eigenvalue weighted by Crippen LogP contribution is -2.73. The lowest BCUT2D eigenvalue weighted by Gasteiger charge is -2.50. The van der Waals surface area contributed by atoms with Gasteiger partial charge >= 0.3 is 0 Å². The second-order valence-corrected chi connectivity index (χ2v) is 6.65. The second-order valence-electron chi connectivity index (χ2n) is 6.65. The van der Waals surface area contributed by atoms with Crippen molar-refractivity contribution < 1.29 is 24.2 Å². The molecule has 25 heavy (non-hydrogen) atoms. The van der Waals surface area contributed by atoms with Crippen LogP contribution in [0.2, 0.25) is 0 Å². The van der Waals surface area contributed by atoms with E-state index >= 15 is 0 Å². The molecule has 0 radical (unpaired) electrons. The first-order valence-electron chi connectivity index (χ1n) is 8.33. The monoisotopic (exact) mass is 353 g/mol. The summed E-state index contributed by atoms with van der Waals surface area (Å²) in [4.78, 5) is 39.6. The molecule has 0 aromatic heterocycles. The molecule has 3 unspecified atom stereocenters. The van der Waals surface area contributed by atoms with Gasteiger partial charge in [-0.15, -0.1) is 5.10 Å². The van der Waals surface area contributed by atoms with Gasteiger partial charge in [-0.3, -0.25) is 19.8 Å². The van der Waals surface area contributed by atoms with Crippen LogP contribution >= 0.6 is 0 Å². The SMILES string of the molecule is CC(=O)N1CCCC12CN(CC(=O)NC(C1=NNCO1)C(C)O)C2=O. The Labute approximate surface area is 145 Å². The molecule has 2 saturated heterocycles. The van der Waals surface area contributed by atoms with Crippen molar-refractivity contribution in [2.45, 2.75) is 44.4 Å². The third-order valence-electron chi connectivity index (χ3n) is 4.88. The van der Waals surface area contributed by atoms with Crippen LogP contribution in [0.1, 0.15) is 26.7 Å². The van der Waals surface area contributed by atoms with Crippen LogP contribution in [0.25, 0.3) is 0 Å². The molecule has 3 amide bonds. The van der Waals surface area contributed by atoms with Gasteiger partial charge in [-0.1, -0.05) is 0 Å². The summed E-state index contributed by atoms with van der Waals surface area (Å²) < 4.78 is 5.20. The van der Waals surface area contributed by atoms with Crippen LogP contribution in [0.5, 0.6) is 0 Å². The first kappa shape index (κ1) is 17.5. The zero-order valence-electron chi connectivity index (χ0n) is 14.3. The maximum atomic E-state index is 12.6. The number of aliphatic hydroxyl groups excluding tert-OH is 1. The zero-order chi connectivity index (χ0) is 18.2. The van der Waals surface area contributed by atoms with E-state index < -0.39 is 23.6 Å². The van der Waals surface area contributed by atoms with Gasteiger partial charge in [0, 0.05) is 13.5 Å². The van der Waals surface area contributed by atoms with Crippen molar-refractivity contribution in [3.8, 4) is 0 Å². The minimum absolute atomic E-state index is 0.118. The second kappa shape index (κ2) is 6.51. The summed E-state index contributed by atoms with van der Waals surface area (Å²) in [6.45, 7) is 3.97. The van der Waals surface area contributed by atoms with Gasteiger partial charge in [-0.05, 0) is 19.8 Å². The van der Waals surface area contributed by atoms with Crippen LogP contribution in [0.4, 0.5) is 0 Å². The Balaban J connectivity index is 1.57. The summed E-state index contributed by atoms with van der Waals surface area (Å²) in [6, 6.07) is -0.784. The molecule has 10 heteroatoms. The molecule has 0 aromatic rings. The van der Waals surface area contributed by atoms with Crippen molar-refractivity contribution >= 4 is 23.6 Å². The van der Waals surface area contributed by atoms with E-state index in [0.717, 1.165) is 6.42 Å². The molecule has 0 saturated carbocycles. The van der Waals surface area contributed by atoms with Gasteiger partial charge in [0.15, 0.2) is 6.73 Å². The molecule has 3 heterocycles. The number of ether oxygens (including phenoxy) is 1. The molecule has 0 aliphatic carbocycles. The molecule has 0 aromatic carbocycles. The van der Waals surface area contributed by atoms with Gasteiger partial charge in [0.1, 0.15) is 11.6 Å². The third-order valence-corrected chi connectivity index (χ3v) is 4.88. The summed E-state index contributed by atoms with van der Waals surface area (Å²) in [7, 11) is 0. The Morgan fingerprint density at radius 1 is 1.52 bits per heavy atom. The van der Waals surface area contributed by atoms with Crippen LogP contribution < -0.4 is 10.7 Å². The fraction of sp³-hybridized carbons (Fsp3) is 0.733. The maximum Gasteiger partial charge on any atom is 0.250 e. The van der Waals surface area contributed by atoms with Gasteiger partial charge < -0.3 is 25.0 Å². The number of hydrogen-bond donors (Lipinski definition) is 3. The summed E-state index contributed by atoms with van der Waals surface area (Å²) in [5.74, 6) is -0.527. The topological polar surface area (TPSA) is 124 Å². The normalized spacial score (nSPS) is 27.3. The Morgan fingerprint density at radius 3 is 2.84 bits per heavy atom. The summed E-state index contributed by atoms with van der Waals surface area (Å²) in [6.07, 6.45) is 0.527. The molecular formula is C15H23N5O5. The van der Waals surface area contributed by atoms with E-state index in [0.29, 0.717) is 19.5 Å². The van der Waals surface area contributed by atoms with Crippen molar-refractivity contribution in [2.75, 3.05) is 26.4 Å². The van der Waals surface area contributed by atoms with Crippen molar-refractivity contribution in [3.63, 3.8) is 0 Å². The highest BCUT2D eigenvalue weighted by Crippen LogP contribution is 2.38. The molecule has 3 atom stereocenters. The number of nitrogens with one attached hydrogen (secondary N) is 2. The number of nitrogens with zero attached hydrogens (tertiary/aromatic N) is 3. The van der Waals surface area contributed by atoms with Gasteiger partial charge in [0.05, 0.1) is 19.2 Å². The van der Waals surface area contributed by atoms with Crippen LogP contribution in [0.15, 0.2) is 5.10 Å². The number of hydrazone groups is 1. The highest BCUT2D eigenvalue weighted by Gasteiger charge is 2.59. The number of carbonyl (C=O) groups excluding carboxylic acids is 3.